The van der Waals surface area contributed by atoms with Gasteiger partial charge in [0.15, 0.2) is 17.0 Å². The molecule has 3 aromatic rings. The van der Waals surface area contributed by atoms with Crippen molar-refractivity contribution < 1.29 is 9.84 Å². The SMILES string of the molecule is COc1cccc(CNc2nc(NCC(C)(C)O)nc3c2ncn3C)c1N. The van der Waals surface area contributed by atoms with Crippen LogP contribution in [0, 0.1) is 0 Å². The van der Waals surface area contributed by atoms with E-state index in [1.807, 2.05) is 29.8 Å². The average molecular weight is 371 g/mol. The Balaban J connectivity index is 1.89. The molecule has 0 aliphatic rings. The molecule has 0 spiro atoms. The first-order valence-electron chi connectivity index (χ1n) is 8.59. The number of hydrogen-bond donors (Lipinski definition) is 4. The lowest BCUT2D eigenvalue weighted by molar-refractivity contribution is 0.0943. The van der Waals surface area contributed by atoms with Crippen LogP contribution in [0.15, 0.2) is 24.5 Å². The topological polar surface area (TPSA) is 123 Å². The Bertz CT molecular complexity index is 947. The van der Waals surface area contributed by atoms with E-state index in [9.17, 15) is 5.11 Å². The number of para-hydroxylation sites is 1. The molecule has 9 nitrogen and oxygen atoms in total. The lowest BCUT2D eigenvalue weighted by Gasteiger charge is -2.18. The minimum Gasteiger partial charge on any atom is -0.495 e. The number of fused-ring (bicyclic) bond motifs is 1. The van der Waals surface area contributed by atoms with Crippen LogP contribution in [0.25, 0.3) is 11.2 Å². The third kappa shape index (κ3) is 4.20. The molecule has 0 saturated carbocycles. The van der Waals surface area contributed by atoms with Gasteiger partial charge < -0.3 is 30.8 Å². The van der Waals surface area contributed by atoms with Gasteiger partial charge in [-0.05, 0) is 25.5 Å². The molecular formula is C18H25N7O2. The quantitative estimate of drug-likeness (QED) is 0.463. The Morgan fingerprint density at radius 3 is 2.74 bits per heavy atom. The van der Waals surface area contributed by atoms with Gasteiger partial charge in [0.1, 0.15) is 5.75 Å². The lowest BCUT2D eigenvalue weighted by Crippen LogP contribution is -2.30. The molecule has 0 bridgehead atoms. The van der Waals surface area contributed by atoms with Gasteiger partial charge in [0.25, 0.3) is 0 Å². The number of benzene rings is 1. The molecule has 9 heteroatoms. The van der Waals surface area contributed by atoms with E-state index >= 15 is 0 Å². The molecule has 0 atom stereocenters. The largest absolute Gasteiger partial charge is 0.495 e. The fourth-order valence-corrected chi connectivity index (χ4v) is 2.61. The van der Waals surface area contributed by atoms with Gasteiger partial charge in [0.2, 0.25) is 5.95 Å². The molecule has 5 N–H and O–H groups in total. The highest BCUT2D eigenvalue weighted by Gasteiger charge is 2.16. The van der Waals surface area contributed by atoms with E-state index < -0.39 is 5.60 Å². The number of anilines is 3. The first kappa shape index (κ1) is 18.7. The molecule has 0 aliphatic carbocycles. The first-order valence-corrected chi connectivity index (χ1v) is 8.59. The summed E-state index contributed by atoms with van der Waals surface area (Å²) in [7, 11) is 3.46. The van der Waals surface area contributed by atoms with Crippen molar-refractivity contribution in [2.45, 2.75) is 26.0 Å². The van der Waals surface area contributed by atoms with Gasteiger partial charge >= 0.3 is 0 Å². The van der Waals surface area contributed by atoms with Crippen LogP contribution < -0.4 is 21.1 Å². The monoisotopic (exact) mass is 371 g/mol. The van der Waals surface area contributed by atoms with Crippen molar-refractivity contribution >= 4 is 28.6 Å². The van der Waals surface area contributed by atoms with Crippen molar-refractivity contribution in [1.29, 1.82) is 0 Å². The molecule has 0 aliphatic heterocycles. The molecule has 27 heavy (non-hydrogen) atoms. The number of imidazole rings is 1. The van der Waals surface area contributed by atoms with Crippen LogP contribution in [0.4, 0.5) is 17.5 Å². The van der Waals surface area contributed by atoms with Crippen LogP contribution in [-0.4, -0.2) is 43.9 Å². The number of aryl methyl sites for hydroxylation is 1. The Morgan fingerprint density at radius 2 is 2.04 bits per heavy atom. The van der Waals surface area contributed by atoms with Crippen LogP contribution >= 0.6 is 0 Å². The van der Waals surface area contributed by atoms with Gasteiger partial charge in [-0.25, -0.2) is 4.98 Å². The molecule has 0 amide bonds. The highest BCUT2D eigenvalue weighted by Crippen LogP contribution is 2.26. The van der Waals surface area contributed by atoms with E-state index in [2.05, 4.69) is 25.6 Å². The Kier molecular flexibility index (Phi) is 5.04. The zero-order valence-electron chi connectivity index (χ0n) is 15.9. The first-order chi connectivity index (χ1) is 12.8. The fraction of sp³-hybridized carbons (Fsp3) is 0.389. The average Bonchev–Trinajstić information content (AvgIpc) is 2.99. The van der Waals surface area contributed by atoms with Crippen molar-refractivity contribution in [3.63, 3.8) is 0 Å². The van der Waals surface area contributed by atoms with Crippen LogP contribution in [0.5, 0.6) is 5.75 Å². The summed E-state index contributed by atoms with van der Waals surface area (Å²) in [6, 6.07) is 5.63. The number of ether oxygens (including phenoxy) is 1. The highest BCUT2D eigenvalue weighted by atomic mass is 16.5. The summed E-state index contributed by atoms with van der Waals surface area (Å²) in [4.78, 5) is 13.4. The molecule has 0 saturated heterocycles. The van der Waals surface area contributed by atoms with Gasteiger partial charge in [-0.3, -0.25) is 0 Å². The number of methoxy groups -OCH3 is 1. The molecule has 1 aromatic carbocycles. The lowest BCUT2D eigenvalue weighted by atomic mass is 10.1. The fourth-order valence-electron chi connectivity index (χ4n) is 2.61. The number of aliphatic hydroxyl groups is 1. The molecular weight excluding hydrogens is 346 g/mol. The number of nitrogen functional groups attached to an aromatic ring is 1. The van der Waals surface area contributed by atoms with E-state index in [4.69, 9.17) is 10.5 Å². The van der Waals surface area contributed by atoms with Crippen LogP contribution in [0.1, 0.15) is 19.4 Å². The van der Waals surface area contributed by atoms with Gasteiger partial charge in [0, 0.05) is 20.1 Å². The van der Waals surface area contributed by atoms with Crippen molar-refractivity contribution in [1.82, 2.24) is 19.5 Å². The summed E-state index contributed by atoms with van der Waals surface area (Å²) in [6.07, 6.45) is 1.68. The number of hydrogen-bond acceptors (Lipinski definition) is 8. The van der Waals surface area contributed by atoms with Crippen molar-refractivity contribution in [3.8, 4) is 5.75 Å². The summed E-state index contributed by atoms with van der Waals surface area (Å²) in [6.45, 7) is 4.20. The van der Waals surface area contributed by atoms with Gasteiger partial charge in [0.05, 0.1) is 24.7 Å². The second kappa shape index (κ2) is 7.28. The van der Waals surface area contributed by atoms with E-state index in [1.54, 1.807) is 27.3 Å². The highest BCUT2D eigenvalue weighted by molar-refractivity contribution is 5.84. The van der Waals surface area contributed by atoms with Gasteiger partial charge in [-0.2, -0.15) is 9.97 Å². The van der Waals surface area contributed by atoms with E-state index in [0.29, 0.717) is 47.5 Å². The zero-order chi connectivity index (χ0) is 19.6. The zero-order valence-corrected chi connectivity index (χ0v) is 15.9. The predicted octanol–water partition coefficient (Wildman–Crippen LogP) is 1.75. The van der Waals surface area contributed by atoms with Crippen molar-refractivity contribution in [3.05, 3.63) is 30.1 Å². The van der Waals surface area contributed by atoms with Crippen LogP contribution in [-0.2, 0) is 13.6 Å². The maximum atomic E-state index is 9.93. The molecule has 0 unspecified atom stereocenters. The molecule has 0 fully saturated rings. The molecule has 2 aromatic heterocycles. The summed E-state index contributed by atoms with van der Waals surface area (Å²) in [5.74, 6) is 1.63. The summed E-state index contributed by atoms with van der Waals surface area (Å²) in [5.41, 5.74) is 8.08. The maximum absolute atomic E-state index is 9.93. The van der Waals surface area contributed by atoms with E-state index in [-0.39, 0.29) is 0 Å². The summed E-state index contributed by atoms with van der Waals surface area (Å²) >= 11 is 0. The Labute approximate surface area is 157 Å². The summed E-state index contributed by atoms with van der Waals surface area (Å²) < 4.78 is 7.08. The standard InChI is InChI=1S/C18H25N7O2/c1-18(2,26)9-21-17-23-15(14-16(24-17)25(3)10-22-14)20-8-11-6-5-7-12(27-4)13(11)19/h5-7,10,26H,8-9,19H2,1-4H3,(H2,20,21,23,24). The van der Waals surface area contributed by atoms with Crippen LogP contribution in [0.3, 0.4) is 0 Å². The third-order valence-corrected chi connectivity index (χ3v) is 4.06. The minimum absolute atomic E-state index is 0.318. The predicted molar refractivity (Wildman–Crippen MR) is 106 cm³/mol. The summed E-state index contributed by atoms with van der Waals surface area (Å²) in [5, 5.41) is 16.3. The molecule has 3 rings (SSSR count). The van der Waals surface area contributed by atoms with Crippen molar-refractivity contribution in [2.75, 3.05) is 30.0 Å². The second-order valence-electron chi connectivity index (χ2n) is 6.98. The minimum atomic E-state index is -0.882. The van der Waals surface area contributed by atoms with E-state index in [0.717, 1.165) is 5.56 Å². The third-order valence-electron chi connectivity index (χ3n) is 4.06. The van der Waals surface area contributed by atoms with Gasteiger partial charge in [-0.15, -0.1) is 0 Å². The van der Waals surface area contributed by atoms with Crippen molar-refractivity contribution in [2.24, 2.45) is 7.05 Å². The number of rotatable bonds is 7. The molecule has 0 radical (unpaired) electrons. The van der Waals surface area contributed by atoms with Crippen LogP contribution in [0.2, 0.25) is 0 Å². The normalized spacial score (nSPS) is 11.6. The Hall–Kier alpha value is -3.07. The second-order valence-corrected chi connectivity index (χ2v) is 6.98. The molecule has 144 valence electrons. The smallest absolute Gasteiger partial charge is 0.226 e. The number of nitrogens with two attached hydrogens (primary N) is 1. The number of nitrogens with zero attached hydrogens (tertiary/aromatic N) is 4. The van der Waals surface area contributed by atoms with Gasteiger partial charge in [-0.1, -0.05) is 12.1 Å². The van der Waals surface area contributed by atoms with E-state index in [1.165, 1.54) is 0 Å². The maximum Gasteiger partial charge on any atom is 0.226 e. The molecule has 2 heterocycles. The number of aromatic nitrogens is 4. The number of nitrogens with one attached hydrogen (secondary N) is 2. The Morgan fingerprint density at radius 1 is 1.26 bits per heavy atom.